The summed E-state index contributed by atoms with van der Waals surface area (Å²) in [7, 11) is 0. The third kappa shape index (κ3) is 1.46. The van der Waals surface area contributed by atoms with Gasteiger partial charge in [-0.2, -0.15) is 4.68 Å². The maximum absolute atomic E-state index is 5.13. The first-order chi connectivity index (χ1) is 7.34. The summed E-state index contributed by atoms with van der Waals surface area (Å²) in [4.78, 5) is 8.65. The predicted molar refractivity (Wildman–Crippen MR) is 48.2 cm³/mol. The summed E-state index contributed by atoms with van der Waals surface area (Å²) < 4.78 is 6.62. The Labute approximate surface area is 85.1 Å². The van der Waals surface area contributed by atoms with Crippen LogP contribution in [0.2, 0.25) is 0 Å². The molecule has 0 N–H and O–H groups in total. The molecule has 0 bridgehead atoms. The summed E-state index contributed by atoms with van der Waals surface area (Å²) in [5, 5.41) is 10.9. The molecule has 0 aliphatic carbocycles. The van der Waals surface area contributed by atoms with E-state index in [9.17, 15) is 0 Å². The fraction of sp³-hybridized carbons (Fsp3) is 0.375. The first-order valence-corrected chi connectivity index (χ1v) is 4.53. The summed E-state index contributed by atoms with van der Waals surface area (Å²) in [5.41, 5.74) is 1.65. The smallest absolute Gasteiger partial charge is 0.178 e. The van der Waals surface area contributed by atoms with Crippen LogP contribution in [0, 0.1) is 6.92 Å². The molecule has 0 spiro atoms. The maximum atomic E-state index is 5.13. The van der Waals surface area contributed by atoms with Crippen LogP contribution in [0.3, 0.4) is 0 Å². The van der Waals surface area contributed by atoms with Gasteiger partial charge >= 0.3 is 0 Å². The number of aryl methyl sites for hydroxylation is 1. The second-order valence-corrected chi connectivity index (χ2v) is 3.28. The van der Waals surface area contributed by atoms with E-state index in [-0.39, 0.29) is 6.10 Å². The van der Waals surface area contributed by atoms with Crippen LogP contribution in [0.1, 0.15) is 17.5 Å². The van der Waals surface area contributed by atoms with Crippen molar-refractivity contribution in [1.82, 2.24) is 30.2 Å². The first kappa shape index (κ1) is 8.42. The van der Waals surface area contributed by atoms with Gasteiger partial charge in [0.1, 0.15) is 12.4 Å². The Kier molecular flexibility index (Phi) is 1.72. The molecule has 0 amide bonds. The predicted octanol–water partition coefficient (Wildman–Crippen LogP) is -0.168. The summed E-state index contributed by atoms with van der Waals surface area (Å²) >= 11 is 0. The molecule has 0 aromatic carbocycles. The first-order valence-electron chi connectivity index (χ1n) is 4.53. The molecule has 1 aliphatic rings. The number of rotatable bonds is 2. The van der Waals surface area contributed by atoms with Crippen LogP contribution in [-0.4, -0.2) is 36.8 Å². The molecule has 0 radical (unpaired) electrons. The highest BCUT2D eigenvalue weighted by Crippen LogP contribution is 2.28. The Balaban J connectivity index is 2.02. The zero-order chi connectivity index (χ0) is 10.3. The zero-order valence-corrected chi connectivity index (χ0v) is 8.03. The van der Waals surface area contributed by atoms with Gasteiger partial charge < -0.3 is 4.74 Å². The molecule has 7 nitrogen and oxygen atoms in total. The number of epoxide rings is 1. The fourth-order valence-electron chi connectivity index (χ4n) is 1.35. The number of hydrogen-bond acceptors (Lipinski definition) is 6. The van der Waals surface area contributed by atoms with Crippen molar-refractivity contribution < 1.29 is 4.74 Å². The van der Waals surface area contributed by atoms with Crippen molar-refractivity contribution in [2.75, 3.05) is 6.61 Å². The van der Waals surface area contributed by atoms with Gasteiger partial charge in [-0.15, -0.1) is 5.10 Å². The molecule has 1 saturated heterocycles. The SMILES string of the molecule is Cc1nc([C@@H]2CO2)cnc1-n1cnnn1. The number of ether oxygens (including phenoxy) is 1. The van der Waals surface area contributed by atoms with Crippen LogP contribution in [0.25, 0.3) is 5.82 Å². The molecular formula is C8H8N6O. The Morgan fingerprint density at radius 1 is 1.53 bits per heavy atom. The van der Waals surface area contributed by atoms with Crippen LogP contribution in [0.5, 0.6) is 0 Å². The highest BCUT2D eigenvalue weighted by molar-refractivity contribution is 5.27. The summed E-state index contributed by atoms with van der Waals surface area (Å²) in [5.74, 6) is 0.643. The van der Waals surface area contributed by atoms with E-state index < -0.39 is 0 Å². The minimum Gasteiger partial charge on any atom is -0.366 e. The summed E-state index contributed by atoms with van der Waals surface area (Å²) in [6.07, 6.45) is 3.31. The minimum atomic E-state index is 0.124. The van der Waals surface area contributed by atoms with Crippen LogP contribution in [0.15, 0.2) is 12.5 Å². The zero-order valence-electron chi connectivity index (χ0n) is 8.03. The highest BCUT2D eigenvalue weighted by atomic mass is 16.6. The average Bonchev–Trinajstić information content (AvgIpc) is 2.95. The molecule has 0 unspecified atom stereocenters. The van der Waals surface area contributed by atoms with Crippen LogP contribution < -0.4 is 0 Å². The Hall–Kier alpha value is -1.89. The second-order valence-electron chi connectivity index (χ2n) is 3.28. The van der Waals surface area contributed by atoms with E-state index in [1.165, 1.54) is 11.0 Å². The Bertz CT molecular complexity index is 478. The van der Waals surface area contributed by atoms with E-state index in [1.54, 1.807) is 6.20 Å². The van der Waals surface area contributed by atoms with E-state index >= 15 is 0 Å². The van der Waals surface area contributed by atoms with Gasteiger partial charge in [0.2, 0.25) is 0 Å². The maximum Gasteiger partial charge on any atom is 0.178 e. The van der Waals surface area contributed by atoms with Gasteiger partial charge in [-0.25, -0.2) is 9.97 Å². The molecule has 76 valence electrons. The van der Waals surface area contributed by atoms with Gasteiger partial charge in [0.25, 0.3) is 0 Å². The highest BCUT2D eigenvalue weighted by Gasteiger charge is 2.27. The molecule has 1 aliphatic heterocycles. The van der Waals surface area contributed by atoms with Crippen LogP contribution >= 0.6 is 0 Å². The number of hydrogen-bond donors (Lipinski definition) is 0. The van der Waals surface area contributed by atoms with Gasteiger partial charge in [-0.05, 0) is 17.4 Å². The molecule has 2 aromatic heterocycles. The molecule has 1 fully saturated rings. The van der Waals surface area contributed by atoms with Gasteiger partial charge in [0.15, 0.2) is 5.82 Å². The lowest BCUT2D eigenvalue weighted by Gasteiger charge is -2.03. The van der Waals surface area contributed by atoms with Crippen molar-refractivity contribution in [3.05, 3.63) is 23.9 Å². The fourth-order valence-corrected chi connectivity index (χ4v) is 1.35. The van der Waals surface area contributed by atoms with Crippen molar-refractivity contribution in [3.8, 4) is 5.82 Å². The number of tetrazole rings is 1. The molecule has 7 heteroatoms. The van der Waals surface area contributed by atoms with Crippen molar-refractivity contribution in [2.24, 2.45) is 0 Å². The average molecular weight is 204 g/mol. The van der Waals surface area contributed by atoms with Gasteiger partial charge in [-0.1, -0.05) is 0 Å². The monoisotopic (exact) mass is 204 g/mol. The normalized spacial score (nSPS) is 19.1. The Morgan fingerprint density at radius 2 is 2.40 bits per heavy atom. The van der Waals surface area contributed by atoms with E-state index in [0.717, 1.165) is 18.0 Å². The molecular weight excluding hydrogens is 196 g/mol. The van der Waals surface area contributed by atoms with Gasteiger partial charge in [0.05, 0.1) is 24.2 Å². The lowest BCUT2D eigenvalue weighted by atomic mass is 10.3. The van der Waals surface area contributed by atoms with Crippen LogP contribution in [-0.2, 0) is 4.74 Å². The van der Waals surface area contributed by atoms with E-state index in [4.69, 9.17) is 4.74 Å². The largest absolute Gasteiger partial charge is 0.366 e. The third-order valence-electron chi connectivity index (χ3n) is 2.17. The third-order valence-corrected chi connectivity index (χ3v) is 2.17. The lowest BCUT2D eigenvalue weighted by molar-refractivity contribution is 0.410. The van der Waals surface area contributed by atoms with E-state index in [1.807, 2.05) is 6.92 Å². The van der Waals surface area contributed by atoms with Gasteiger partial charge in [-0.3, -0.25) is 0 Å². The second kappa shape index (κ2) is 3.06. The molecule has 3 rings (SSSR count). The molecule has 3 heterocycles. The summed E-state index contributed by atoms with van der Waals surface area (Å²) in [6, 6.07) is 0. The van der Waals surface area contributed by atoms with E-state index in [2.05, 4.69) is 25.5 Å². The minimum absolute atomic E-state index is 0.124. The van der Waals surface area contributed by atoms with Crippen molar-refractivity contribution in [1.29, 1.82) is 0 Å². The molecule has 0 saturated carbocycles. The topological polar surface area (TPSA) is 81.9 Å². The van der Waals surface area contributed by atoms with Crippen molar-refractivity contribution >= 4 is 0 Å². The van der Waals surface area contributed by atoms with Crippen LogP contribution in [0.4, 0.5) is 0 Å². The molecule has 2 aromatic rings. The molecule has 1 atom stereocenters. The number of nitrogens with zero attached hydrogens (tertiary/aromatic N) is 6. The standard InChI is InChI=1S/C8H8N6O/c1-5-8(14-4-10-12-13-14)9-2-6(11-5)7-3-15-7/h2,4,7H,3H2,1H3/t7-/m0/s1. The molecule has 15 heavy (non-hydrogen) atoms. The summed E-state index contributed by atoms with van der Waals surface area (Å²) in [6.45, 7) is 2.61. The quantitative estimate of drug-likeness (QED) is 0.632. The number of aromatic nitrogens is 6. The lowest BCUT2D eigenvalue weighted by Crippen LogP contribution is -2.05. The Morgan fingerprint density at radius 3 is 3.00 bits per heavy atom. The van der Waals surface area contributed by atoms with Crippen molar-refractivity contribution in [3.63, 3.8) is 0 Å². The van der Waals surface area contributed by atoms with E-state index in [0.29, 0.717) is 5.82 Å². The van der Waals surface area contributed by atoms with Gasteiger partial charge in [0, 0.05) is 0 Å². The van der Waals surface area contributed by atoms with Crippen molar-refractivity contribution in [2.45, 2.75) is 13.0 Å².